The minimum absolute atomic E-state index is 0.0359. The Labute approximate surface area is 419 Å². The molecule has 0 bridgehead atoms. The SMILES string of the molecule is CCCC(C=O)N(C)C(=O)c1cc(NCCC(=O)NCCCCC#Cc2cccc(Cn3c(NC=NC)c(C=N)c(-c4ccccc4)c3-c3ccccc3)c2)ccc1C=O.CNC=O.OC1CCCCC1. The van der Waals surface area contributed by atoms with Gasteiger partial charge in [-0.1, -0.05) is 117 Å². The fourth-order valence-corrected chi connectivity index (χ4v) is 8.11. The van der Waals surface area contributed by atoms with Crippen LogP contribution in [0.1, 0.15) is 115 Å². The van der Waals surface area contributed by atoms with E-state index in [1.165, 1.54) is 30.4 Å². The van der Waals surface area contributed by atoms with Gasteiger partial charge in [-0.05, 0) is 79.1 Å². The number of hydrogen-bond acceptors (Lipinski definition) is 9. The summed E-state index contributed by atoms with van der Waals surface area (Å²) in [5, 5.41) is 29.1. The Bertz CT molecular complexity index is 2560. The van der Waals surface area contributed by atoms with E-state index in [4.69, 9.17) is 15.3 Å². The Morgan fingerprint density at radius 1 is 0.915 bits per heavy atom. The highest BCUT2D eigenvalue weighted by Crippen LogP contribution is 2.41. The van der Waals surface area contributed by atoms with Crippen LogP contribution in [0.25, 0.3) is 22.4 Å². The predicted octanol–water partition coefficient (Wildman–Crippen LogP) is 9.00. The number of hydrogen-bond donors (Lipinski definition) is 6. The number of likely N-dealkylation sites (N-methyl/N-ethyl adjacent to an activating group) is 1. The summed E-state index contributed by atoms with van der Waals surface area (Å²) in [4.78, 5) is 63.5. The molecule has 6 N–H and O–H groups in total. The van der Waals surface area contributed by atoms with Crippen molar-refractivity contribution in [3.05, 3.63) is 131 Å². The average Bonchev–Trinajstić information content (AvgIpc) is 3.71. The molecule has 374 valence electrons. The Balaban J connectivity index is 0.000000884. The van der Waals surface area contributed by atoms with E-state index >= 15 is 0 Å². The summed E-state index contributed by atoms with van der Waals surface area (Å²) in [5.41, 5.74) is 7.83. The summed E-state index contributed by atoms with van der Waals surface area (Å²) in [6.07, 6.45) is 14.8. The monoisotopic (exact) mass is 963 g/mol. The minimum Gasteiger partial charge on any atom is -0.393 e. The molecule has 0 spiro atoms. The second-order valence-electron chi connectivity index (χ2n) is 17.0. The zero-order valence-electron chi connectivity index (χ0n) is 41.6. The van der Waals surface area contributed by atoms with Crippen molar-refractivity contribution in [1.82, 2.24) is 20.1 Å². The molecule has 1 heterocycles. The number of anilines is 2. The number of unbranched alkanes of at least 4 members (excludes halogenated alkanes) is 2. The van der Waals surface area contributed by atoms with Gasteiger partial charge in [0.1, 0.15) is 12.1 Å². The molecule has 1 unspecified atom stereocenters. The second kappa shape index (κ2) is 31.5. The molecular formula is C57H70N8O6. The summed E-state index contributed by atoms with van der Waals surface area (Å²) < 4.78 is 2.21. The molecule has 0 radical (unpaired) electrons. The number of carbonyl (C=O) groups is 5. The van der Waals surface area contributed by atoms with Crippen LogP contribution in [-0.2, 0) is 20.9 Å². The number of carbonyl (C=O) groups excluding carboxylic acids is 5. The highest BCUT2D eigenvalue weighted by molar-refractivity contribution is 6.04. The third-order valence-electron chi connectivity index (χ3n) is 11.8. The van der Waals surface area contributed by atoms with Gasteiger partial charge in [0, 0.05) is 87.8 Å². The summed E-state index contributed by atoms with van der Waals surface area (Å²) in [6, 6.07) is 32.9. The van der Waals surface area contributed by atoms with Gasteiger partial charge in [-0.3, -0.25) is 24.2 Å². The topological polar surface area (TPSA) is 198 Å². The molecule has 5 aromatic rings. The van der Waals surface area contributed by atoms with Gasteiger partial charge in [0.05, 0.1) is 29.7 Å². The zero-order valence-corrected chi connectivity index (χ0v) is 41.6. The highest BCUT2D eigenvalue weighted by atomic mass is 16.3. The Morgan fingerprint density at radius 2 is 1.62 bits per heavy atom. The number of aldehydes is 2. The fraction of sp³-hybridized carbons (Fsp3) is 0.351. The predicted molar refractivity (Wildman–Crippen MR) is 287 cm³/mol. The number of aliphatic hydroxyl groups excluding tert-OH is 1. The standard InChI is InChI=1S/C49H53N7O4.C6H12O.C2H5NO/c1-4-16-42(34-58)55(3)49(60)43-30-41(25-24-40(43)33-57)52-28-26-45(59)53-27-14-6-5-9-17-36-18-15-19-37(29-36)32-56-47(39-22-12-8-13-23-39)46(38-20-10-7-11-21-38)44(31-50)48(56)54-35-51-2;7-6-4-2-1-3-5-6;1-3-2-4/h7-8,10-13,15,18-25,29-31,33-35,42,50,52H,4-6,14,16,26-28,32H2,1-3H3,(H,51,54)(H,53,59);6-7H,1-5H2;2H,1H3,(H,3,4). The number of aliphatic imine (C=N–C) groups is 1. The highest BCUT2D eigenvalue weighted by Gasteiger charge is 2.25. The smallest absolute Gasteiger partial charge is 0.255 e. The summed E-state index contributed by atoms with van der Waals surface area (Å²) in [6.45, 7) is 3.35. The lowest BCUT2D eigenvalue weighted by molar-refractivity contribution is -0.120. The van der Waals surface area contributed by atoms with Crippen molar-refractivity contribution in [2.75, 3.05) is 44.9 Å². The number of nitrogens with zero attached hydrogens (tertiary/aromatic N) is 3. The molecule has 0 aliphatic heterocycles. The first-order valence-electron chi connectivity index (χ1n) is 24.4. The largest absolute Gasteiger partial charge is 0.393 e. The van der Waals surface area contributed by atoms with E-state index in [1.807, 2.05) is 55.5 Å². The van der Waals surface area contributed by atoms with Crippen molar-refractivity contribution in [1.29, 1.82) is 5.41 Å². The Kier molecular flexibility index (Phi) is 24.8. The van der Waals surface area contributed by atoms with Gasteiger partial charge in [-0.2, -0.15) is 0 Å². The molecule has 1 saturated carbocycles. The normalized spacial score (nSPS) is 12.3. The average molecular weight is 963 g/mol. The number of amides is 3. The van der Waals surface area contributed by atoms with Crippen LogP contribution >= 0.6 is 0 Å². The molecule has 3 amide bonds. The number of benzene rings is 4. The number of aliphatic hydroxyl groups is 1. The van der Waals surface area contributed by atoms with Gasteiger partial charge in [0.25, 0.3) is 5.91 Å². The van der Waals surface area contributed by atoms with Crippen LogP contribution in [0.2, 0.25) is 0 Å². The van der Waals surface area contributed by atoms with Crippen LogP contribution in [-0.4, -0.2) is 104 Å². The molecule has 1 aliphatic rings. The van der Waals surface area contributed by atoms with Gasteiger partial charge < -0.3 is 46.0 Å². The first-order valence-corrected chi connectivity index (χ1v) is 24.4. The quantitative estimate of drug-likeness (QED) is 0.0130. The molecular weight excluding hydrogens is 893 g/mol. The van der Waals surface area contributed by atoms with Crippen LogP contribution < -0.4 is 21.3 Å². The van der Waals surface area contributed by atoms with E-state index in [1.54, 1.807) is 45.7 Å². The minimum atomic E-state index is -0.570. The van der Waals surface area contributed by atoms with E-state index in [9.17, 15) is 19.2 Å². The lowest BCUT2D eigenvalue weighted by Crippen LogP contribution is -2.38. The van der Waals surface area contributed by atoms with Gasteiger partial charge in [-0.15, -0.1) is 0 Å². The molecule has 71 heavy (non-hydrogen) atoms. The molecule has 14 heteroatoms. The zero-order chi connectivity index (χ0) is 51.2. The summed E-state index contributed by atoms with van der Waals surface area (Å²) in [7, 11) is 4.83. The number of rotatable bonds is 22. The maximum atomic E-state index is 13.1. The van der Waals surface area contributed by atoms with E-state index in [0.29, 0.717) is 50.9 Å². The van der Waals surface area contributed by atoms with Crippen LogP contribution in [0.3, 0.4) is 0 Å². The van der Waals surface area contributed by atoms with E-state index in [-0.39, 0.29) is 29.6 Å². The third kappa shape index (κ3) is 17.7. The lowest BCUT2D eigenvalue weighted by Gasteiger charge is -2.24. The van der Waals surface area contributed by atoms with E-state index < -0.39 is 11.9 Å². The molecule has 14 nitrogen and oxygen atoms in total. The Hall–Kier alpha value is -7.63. The van der Waals surface area contributed by atoms with Crippen molar-refractivity contribution in [3.63, 3.8) is 0 Å². The van der Waals surface area contributed by atoms with Crippen molar-refractivity contribution >= 4 is 54.9 Å². The van der Waals surface area contributed by atoms with Crippen LogP contribution in [0, 0.1) is 17.3 Å². The van der Waals surface area contributed by atoms with Gasteiger partial charge >= 0.3 is 0 Å². The van der Waals surface area contributed by atoms with Gasteiger partial charge in [0.2, 0.25) is 12.3 Å². The summed E-state index contributed by atoms with van der Waals surface area (Å²) in [5.74, 6) is 6.88. The van der Waals surface area contributed by atoms with Crippen molar-refractivity contribution in [3.8, 4) is 34.2 Å². The maximum Gasteiger partial charge on any atom is 0.255 e. The van der Waals surface area contributed by atoms with Gasteiger partial charge in [0.15, 0.2) is 6.29 Å². The number of aromatic nitrogens is 1. The van der Waals surface area contributed by atoms with Crippen molar-refractivity contribution in [2.45, 2.75) is 96.2 Å². The molecule has 1 atom stereocenters. The Morgan fingerprint density at radius 3 is 2.23 bits per heavy atom. The van der Waals surface area contributed by atoms with E-state index in [0.717, 1.165) is 83.3 Å². The molecule has 1 aromatic heterocycles. The van der Waals surface area contributed by atoms with Crippen molar-refractivity contribution < 1.29 is 29.1 Å². The van der Waals surface area contributed by atoms with Crippen LogP contribution in [0.4, 0.5) is 11.5 Å². The first-order chi connectivity index (χ1) is 34.6. The number of nitrogens with one attached hydrogen (secondary N) is 5. The van der Waals surface area contributed by atoms with Crippen molar-refractivity contribution in [2.24, 2.45) is 4.99 Å². The molecule has 4 aromatic carbocycles. The van der Waals surface area contributed by atoms with Crippen LogP contribution in [0.5, 0.6) is 0 Å². The second-order valence-corrected chi connectivity index (χ2v) is 17.0. The lowest BCUT2D eigenvalue weighted by atomic mass is 9.98. The molecule has 6 rings (SSSR count). The van der Waals surface area contributed by atoms with Gasteiger partial charge in [-0.25, -0.2) is 0 Å². The molecule has 1 aliphatic carbocycles. The first kappa shape index (κ1) is 56.0. The third-order valence-corrected chi connectivity index (χ3v) is 11.8. The molecule has 0 saturated heterocycles. The van der Waals surface area contributed by atoms with Crippen LogP contribution in [0.15, 0.2) is 108 Å². The van der Waals surface area contributed by atoms with E-state index in [2.05, 4.69) is 79.1 Å². The fourth-order valence-electron chi connectivity index (χ4n) is 8.11. The molecule has 1 fully saturated rings. The maximum absolute atomic E-state index is 13.1. The summed E-state index contributed by atoms with van der Waals surface area (Å²) >= 11 is 0.